The van der Waals surface area contributed by atoms with Crippen molar-refractivity contribution >= 4 is 29.3 Å². The van der Waals surface area contributed by atoms with Crippen molar-refractivity contribution in [3.8, 4) is 0 Å². The Morgan fingerprint density at radius 2 is 1.96 bits per heavy atom. The molecular formula is C17H19N7OS. The van der Waals surface area contributed by atoms with Crippen molar-refractivity contribution in [1.82, 2.24) is 29.5 Å². The van der Waals surface area contributed by atoms with Crippen LogP contribution in [0.4, 0.5) is 5.82 Å². The molecular weight excluding hydrogens is 350 g/mol. The third kappa shape index (κ3) is 3.48. The maximum Gasteiger partial charge on any atom is 0.254 e. The van der Waals surface area contributed by atoms with E-state index >= 15 is 0 Å². The van der Waals surface area contributed by atoms with Crippen LogP contribution in [0.1, 0.15) is 5.69 Å². The zero-order valence-electron chi connectivity index (χ0n) is 14.4. The molecule has 1 fully saturated rings. The molecule has 0 bridgehead atoms. The normalized spacial score (nSPS) is 14.8. The third-order valence-electron chi connectivity index (χ3n) is 4.33. The lowest BCUT2D eigenvalue weighted by atomic mass is 10.3. The van der Waals surface area contributed by atoms with Crippen molar-refractivity contribution in [2.24, 2.45) is 0 Å². The molecule has 3 aromatic rings. The fourth-order valence-electron chi connectivity index (χ4n) is 2.99. The van der Waals surface area contributed by atoms with E-state index in [4.69, 9.17) is 0 Å². The largest absolute Gasteiger partial charge is 0.353 e. The van der Waals surface area contributed by atoms with Crippen molar-refractivity contribution in [3.05, 3.63) is 42.6 Å². The van der Waals surface area contributed by atoms with Crippen molar-refractivity contribution in [2.45, 2.75) is 11.8 Å². The fraction of sp³-hybridized carbons (Fsp3) is 0.353. The second-order valence-corrected chi connectivity index (χ2v) is 7.12. The van der Waals surface area contributed by atoms with Gasteiger partial charge in [0.25, 0.3) is 5.78 Å². The number of anilines is 1. The number of thioether (sulfide) groups is 1. The number of carbonyl (C=O) groups is 1. The van der Waals surface area contributed by atoms with Gasteiger partial charge in [0.2, 0.25) is 5.91 Å². The summed E-state index contributed by atoms with van der Waals surface area (Å²) in [6.45, 7) is 4.89. The molecule has 0 aliphatic carbocycles. The summed E-state index contributed by atoms with van der Waals surface area (Å²) in [5.74, 6) is 2.20. The summed E-state index contributed by atoms with van der Waals surface area (Å²) < 4.78 is 1.75. The zero-order chi connectivity index (χ0) is 17.9. The Hall–Kier alpha value is -2.68. The van der Waals surface area contributed by atoms with E-state index in [1.54, 1.807) is 28.7 Å². The molecule has 3 aromatic heterocycles. The molecule has 1 amide bonds. The number of nitrogens with zero attached hydrogens (tertiary/aromatic N) is 7. The van der Waals surface area contributed by atoms with Gasteiger partial charge in [0.15, 0.2) is 0 Å². The summed E-state index contributed by atoms with van der Waals surface area (Å²) in [5.41, 5.74) is 0.910. The summed E-state index contributed by atoms with van der Waals surface area (Å²) in [6, 6.07) is 5.86. The minimum atomic E-state index is 0.170. The Morgan fingerprint density at radius 1 is 1.19 bits per heavy atom. The minimum absolute atomic E-state index is 0.170. The first-order valence-corrected chi connectivity index (χ1v) is 9.42. The maximum atomic E-state index is 12.5. The molecule has 0 aromatic carbocycles. The van der Waals surface area contributed by atoms with E-state index < -0.39 is 0 Å². The van der Waals surface area contributed by atoms with Crippen molar-refractivity contribution in [1.29, 1.82) is 0 Å². The predicted molar refractivity (Wildman–Crippen MR) is 99.3 cm³/mol. The average molecular weight is 369 g/mol. The van der Waals surface area contributed by atoms with Crippen LogP contribution in [0, 0.1) is 6.92 Å². The standard InChI is InChI=1S/C17H19N7OS/c1-13-10-15(24-17(21-13)19-12-20-24)22-6-8-23(9-7-22)16(25)11-26-14-2-4-18-5-3-14/h2-5,10,12H,6-9,11H2,1H3. The molecule has 1 aliphatic heterocycles. The smallest absolute Gasteiger partial charge is 0.254 e. The minimum Gasteiger partial charge on any atom is -0.353 e. The zero-order valence-corrected chi connectivity index (χ0v) is 15.3. The van der Waals surface area contributed by atoms with Gasteiger partial charge >= 0.3 is 0 Å². The van der Waals surface area contributed by atoms with Gasteiger partial charge in [-0.2, -0.15) is 14.6 Å². The van der Waals surface area contributed by atoms with E-state index in [2.05, 4.69) is 25.0 Å². The third-order valence-corrected chi connectivity index (χ3v) is 5.33. The molecule has 4 heterocycles. The van der Waals surface area contributed by atoms with Crippen molar-refractivity contribution in [2.75, 3.05) is 36.8 Å². The molecule has 134 valence electrons. The number of aromatic nitrogens is 5. The highest BCUT2D eigenvalue weighted by Crippen LogP contribution is 2.20. The molecule has 9 heteroatoms. The van der Waals surface area contributed by atoms with E-state index in [1.165, 1.54) is 6.33 Å². The van der Waals surface area contributed by atoms with Crippen LogP contribution < -0.4 is 4.90 Å². The number of pyridine rings is 1. The Kier molecular flexibility index (Phi) is 4.70. The molecule has 0 radical (unpaired) electrons. The number of fused-ring (bicyclic) bond motifs is 1. The lowest BCUT2D eigenvalue weighted by Crippen LogP contribution is -2.49. The van der Waals surface area contributed by atoms with E-state index in [0.717, 1.165) is 29.5 Å². The predicted octanol–water partition coefficient (Wildman–Crippen LogP) is 1.27. The number of amides is 1. The lowest BCUT2D eigenvalue weighted by molar-refractivity contribution is -0.128. The molecule has 1 aliphatic rings. The van der Waals surface area contributed by atoms with Gasteiger partial charge in [0.1, 0.15) is 12.1 Å². The second-order valence-electron chi connectivity index (χ2n) is 6.07. The SMILES string of the molecule is Cc1cc(N2CCN(C(=O)CSc3ccncc3)CC2)n2ncnc2n1. The molecule has 0 unspecified atom stereocenters. The highest BCUT2D eigenvalue weighted by Gasteiger charge is 2.23. The molecule has 0 N–H and O–H groups in total. The van der Waals surface area contributed by atoms with E-state index in [9.17, 15) is 4.79 Å². The van der Waals surface area contributed by atoms with Gasteiger partial charge in [-0.1, -0.05) is 0 Å². The van der Waals surface area contributed by atoms with Gasteiger partial charge in [-0.3, -0.25) is 9.78 Å². The van der Waals surface area contributed by atoms with Crippen molar-refractivity contribution < 1.29 is 4.79 Å². The van der Waals surface area contributed by atoms with Crippen LogP contribution in [0.15, 0.2) is 41.8 Å². The van der Waals surface area contributed by atoms with Crippen LogP contribution >= 0.6 is 11.8 Å². The van der Waals surface area contributed by atoms with E-state index in [1.807, 2.05) is 30.0 Å². The topological polar surface area (TPSA) is 79.5 Å². The van der Waals surface area contributed by atoms with E-state index in [-0.39, 0.29) is 5.91 Å². The molecule has 26 heavy (non-hydrogen) atoms. The Morgan fingerprint density at radius 3 is 2.73 bits per heavy atom. The first kappa shape index (κ1) is 16.8. The molecule has 0 saturated carbocycles. The number of aryl methyl sites for hydroxylation is 1. The van der Waals surface area contributed by atoms with Crippen LogP contribution in [0.2, 0.25) is 0 Å². The molecule has 8 nitrogen and oxygen atoms in total. The average Bonchev–Trinajstić information content (AvgIpc) is 3.15. The summed E-state index contributed by atoms with van der Waals surface area (Å²) in [6.07, 6.45) is 5.00. The summed E-state index contributed by atoms with van der Waals surface area (Å²) in [5, 5.41) is 4.26. The van der Waals surface area contributed by atoms with Gasteiger partial charge in [-0.05, 0) is 19.1 Å². The number of piperazine rings is 1. The maximum absolute atomic E-state index is 12.5. The monoisotopic (exact) mass is 369 g/mol. The number of rotatable bonds is 4. The van der Waals surface area contributed by atoms with Gasteiger partial charge in [0, 0.05) is 55.2 Å². The first-order chi connectivity index (χ1) is 12.7. The van der Waals surface area contributed by atoms with Gasteiger partial charge < -0.3 is 9.80 Å². The van der Waals surface area contributed by atoms with E-state index in [0.29, 0.717) is 24.6 Å². The second kappa shape index (κ2) is 7.28. The molecule has 0 spiro atoms. The van der Waals surface area contributed by atoms with Crippen molar-refractivity contribution in [3.63, 3.8) is 0 Å². The van der Waals surface area contributed by atoms with Crippen LogP contribution in [-0.2, 0) is 4.79 Å². The number of hydrogen-bond acceptors (Lipinski definition) is 7. The van der Waals surface area contributed by atoms with Crippen LogP contribution in [0.25, 0.3) is 5.78 Å². The molecule has 4 rings (SSSR count). The molecule has 1 saturated heterocycles. The Labute approximate surface area is 155 Å². The van der Waals surface area contributed by atoms with Crippen LogP contribution in [0.3, 0.4) is 0 Å². The van der Waals surface area contributed by atoms with Crippen LogP contribution in [0.5, 0.6) is 0 Å². The van der Waals surface area contributed by atoms with Crippen LogP contribution in [-0.4, -0.2) is 67.3 Å². The number of hydrogen-bond donors (Lipinski definition) is 0. The number of carbonyl (C=O) groups excluding carboxylic acids is 1. The first-order valence-electron chi connectivity index (χ1n) is 8.43. The fourth-order valence-corrected chi connectivity index (χ4v) is 3.78. The summed E-state index contributed by atoms with van der Waals surface area (Å²) in [4.78, 5) is 30.2. The van der Waals surface area contributed by atoms with Gasteiger partial charge in [-0.25, -0.2) is 4.98 Å². The molecule has 0 atom stereocenters. The summed E-state index contributed by atoms with van der Waals surface area (Å²) >= 11 is 1.55. The lowest BCUT2D eigenvalue weighted by Gasteiger charge is -2.36. The van der Waals surface area contributed by atoms with Gasteiger partial charge in [0.05, 0.1) is 5.75 Å². The van der Waals surface area contributed by atoms with Gasteiger partial charge in [-0.15, -0.1) is 11.8 Å². The highest BCUT2D eigenvalue weighted by atomic mass is 32.2. The quantitative estimate of drug-likeness (QED) is 0.641. The highest BCUT2D eigenvalue weighted by molar-refractivity contribution is 8.00. The summed E-state index contributed by atoms with van der Waals surface area (Å²) in [7, 11) is 0. The Bertz CT molecular complexity index is 906. The Balaban J connectivity index is 1.37.